The SMILES string of the molecule is CC1Cc2ccccc2N1C(=O)COC(=O)Cc1cccc(C(F)(F)F)c1. The number of amides is 1. The molecule has 1 atom stereocenters. The van der Waals surface area contributed by atoms with E-state index in [0.717, 1.165) is 29.8 Å². The third-order valence-electron chi connectivity index (χ3n) is 4.44. The van der Waals surface area contributed by atoms with Crippen LogP contribution in [0.4, 0.5) is 18.9 Å². The average molecular weight is 377 g/mol. The van der Waals surface area contributed by atoms with E-state index in [2.05, 4.69) is 0 Å². The van der Waals surface area contributed by atoms with Crippen molar-refractivity contribution in [2.75, 3.05) is 11.5 Å². The van der Waals surface area contributed by atoms with Gasteiger partial charge in [0.1, 0.15) is 0 Å². The Labute approximate surface area is 154 Å². The summed E-state index contributed by atoms with van der Waals surface area (Å²) >= 11 is 0. The van der Waals surface area contributed by atoms with Gasteiger partial charge in [0.2, 0.25) is 0 Å². The summed E-state index contributed by atoms with van der Waals surface area (Å²) in [5.41, 5.74) is 1.20. The van der Waals surface area contributed by atoms with E-state index >= 15 is 0 Å². The van der Waals surface area contributed by atoms with Crippen LogP contribution in [0.15, 0.2) is 48.5 Å². The largest absolute Gasteiger partial charge is 0.455 e. The molecule has 1 heterocycles. The first kappa shape index (κ1) is 18.9. The molecule has 0 saturated carbocycles. The number of nitrogens with zero attached hydrogens (tertiary/aromatic N) is 1. The molecule has 0 saturated heterocycles. The van der Waals surface area contributed by atoms with E-state index in [0.29, 0.717) is 0 Å². The molecule has 0 fully saturated rings. The fraction of sp³-hybridized carbons (Fsp3) is 0.300. The zero-order valence-corrected chi connectivity index (χ0v) is 14.6. The van der Waals surface area contributed by atoms with Crippen molar-refractivity contribution in [3.05, 3.63) is 65.2 Å². The third-order valence-corrected chi connectivity index (χ3v) is 4.44. The van der Waals surface area contributed by atoms with Crippen molar-refractivity contribution in [2.45, 2.75) is 32.0 Å². The number of rotatable bonds is 4. The summed E-state index contributed by atoms with van der Waals surface area (Å²) in [7, 11) is 0. The molecule has 0 radical (unpaired) electrons. The molecule has 0 spiro atoms. The van der Waals surface area contributed by atoms with Crippen molar-refractivity contribution in [2.24, 2.45) is 0 Å². The summed E-state index contributed by atoms with van der Waals surface area (Å²) in [6.07, 6.45) is -4.08. The molecule has 0 aliphatic carbocycles. The zero-order valence-electron chi connectivity index (χ0n) is 14.6. The molecule has 27 heavy (non-hydrogen) atoms. The average Bonchev–Trinajstić information content (AvgIpc) is 2.95. The van der Waals surface area contributed by atoms with Gasteiger partial charge in [0.25, 0.3) is 5.91 Å². The van der Waals surface area contributed by atoms with Crippen LogP contribution in [0.5, 0.6) is 0 Å². The molecule has 2 aromatic rings. The normalized spacial score (nSPS) is 16.1. The fourth-order valence-electron chi connectivity index (χ4n) is 3.23. The van der Waals surface area contributed by atoms with Gasteiger partial charge in [-0.3, -0.25) is 9.59 Å². The number of anilines is 1. The smallest absolute Gasteiger partial charge is 0.416 e. The molecule has 4 nitrogen and oxygen atoms in total. The first-order valence-electron chi connectivity index (χ1n) is 8.47. The molecule has 1 aliphatic rings. The van der Waals surface area contributed by atoms with Gasteiger partial charge in [-0.25, -0.2) is 0 Å². The van der Waals surface area contributed by atoms with Gasteiger partial charge in [-0.2, -0.15) is 13.2 Å². The number of ether oxygens (including phenoxy) is 1. The maximum Gasteiger partial charge on any atom is 0.416 e. The molecule has 2 aromatic carbocycles. The number of hydrogen-bond acceptors (Lipinski definition) is 3. The minimum absolute atomic E-state index is 0.0444. The van der Waals surface area contributed by atoms with Crippen LogP contribution in [-0.2, 0) is 33.3 Å². The van der Waals surface area contributed by atoms with Crippen LogP contribution >= 0.6 is 0 Å². The number of carbonyl (C=O) groups is 2. The van der Waals surface area contributed by atoms with E-state index in [9.17, 15) is 22.8 Å². The lowest BCUT2D eigenvalue weighted by Crippen LogP contribution is -2.38. The minimum Gasteiger partial charge on any atom is -0.455 e. The van der Waals surface area contributed by atoms with Crippen molar-refractivity contribution < 1.29 is 27.5 Å². The zero-order chi connectivity index (χ0) is 19.6. The Balaban J connectivity index is 1.59. The Hall–Kier alpha value is -2.83. The number of fused-ring (bicyclic) bond motifs is 1. The lowest BCUT2D eigenvalue weighted by Gasteiger charge is -2.22. The quantitative estimate of drug-likeness (QED) is 0.762. The van der Waals surface area contributed by atoms with Gasteiger partial charge < -0.3 is 9.64 Å². The van der Waals surface area contributed by atoms with Crippen LogP contribution in [0.3, 0.4) is 0 Å². The van der Waals surface area contributed by atoms with E-state index in [1.165, 1.54) is 12.1 Å². The standard InChI is InChI=1S/C20H18F3NO3/c1-13-9-15-6-2-3-8-17(15)24(13)18(25)12-27-19(26)11-14-5-4-7-16(10-14)20(21,22)23/h2-8,10,13H,9,11-12H2,1H3. The topological polar surface area (TPSA) is 46.6 Å². The van der Waals surface area contributed by atoms with Crippen molar-refractivity contribution in [3.63, 3.8) is 0 Å². The molecule has 1 unspecified atom stereocenters. The molecule has 0 bridgehead atoms. The number of hydrogen-bond donors (Lipinski definition) is 0. The van der Waals surface area contributed by atoms with Crippen molar-refractivity contribution in [1.29, 1.82) is 0 Å². The van der Waals surface area contributed by atoms with Gasteiger partial charge in [0, 0.05) is 11.7 Å². The maximum atomic E-state index is 12.7. The van der Waals surface area contributed by atoms with E-state index in [1.54, 1.807) is 4.90 Å². The van der Waals surface area contributed by atoms with Crippen LogP contribution in [0.25, 0.3) is 0 Å². The molecule has 142 valence electrons. The van der Waals surface area contributed by atoms with E-state index in [4.69, 9.17) is 4.74 Å². The second-order valence-electron chi connectivity index (χ2n) is 6.48. The summed E-state index contributed by atoms with van der Waals surface area (Å²) in [4.78, 5) is 26.0. The molecular weight excluding hydrogens is 359 g/mol. The highest BCUT2D eigenvalue weighted by atomic mass is 19.4. The number of para-hydroxylation sites is 1. The lowest BCUT2D eigenvalue weighted by molar-refractivity contribution is -0.147. The molecule has 1 aliphatic heterocycles. The van der Waals surface area contributed by atoms with Crippen LogP contribution in [0.2, 0.25) is 0 Å². The Kier molecular flexibility index (Phi) is 5.21. The molecule has 1 amide bonds. The summed E-state index contributed by atoms with van der Waals surface area (Å²) in [6.45, 7) is 1.46. The maximum absolute atomic E-state index is 12.7. The summed E-state index contributed by atoms with van der Waals surface area (Å²) < 4.78 is 43.2. The molecule has 3 rings (SSSR count). The van der Waals surface area contributed by atoms with Crippen molar-refractivity contribution >= 4 is 17.6 Å². The van der Waals surface area contributed by atoms with E-state index in [-0.39, 0.29) is 23.9 Å². The van der Waals surface area contributed by atoms with Gasteiger partial charge in [-0.1, -0.05) is 36.4 Å². The predicted molar refractivity (Wildman–Crippen MR) is 93.2 cm³/mol. The summed E-state index contributed by atoms with van der Waals surface area (Å²) in [5.74, 6) is -1.10. The lowest BCUT2D eigenvalue weighted by atomic mass is 10.1. The molecule has 7 heteroatoms. The first-order chi connectivity index (χ1) is 12.8. The van der Waals surface area contributed by atoms with Crippen LogP contribution in [0, 0.1) is 0 Å². The van der Waals surface area contributed by atoms with Crippen molar-refractivity contribution in [3.8, 4) is 0 Å². The number of halogens is 3. The van der Waals surface area contributed by atoms with E-state index < -0.39 is 24.3 Å². The molecule has 0 aromatic heterocycles. The Morgan fingerprint density at radius 2 is 1.89 bits per heavy atom. The summed E-state index contributed by atoms with van der Waals surface area (Å²) in [5, 5.41) is 0. The van der Waals surface area contributed by atoms with Gasteiger partial charge in [-0.15, -0.1) is 0 Å². The number of esters is 1. The minimum atomic E-state index is -4.48. The van der Waals surface area contributed by atoms with E-state index in [1.807, 2.05) is 31.2 Å². The Morgan fingerprint density at radius 3 is 2.63 bits per heavy atom. The van der Waals surface area contributed by atoms with Gasteiger partial charge in [0.15, 0.2) is 6.61 Å². The Morgan fingerprint density at radius 1 is 1.15 bits per heavy atom. The molecule has 0 N–H and O–H groups in total. The molecular formula is C20H18F3NO3. The van der Waals surface area contributed by atoms with Crippen LogP contribution in [0.1, 0.15) is 23.6 Å². The van der Waals surface area contributed by atoms with Gasteiger partial charge >= 0.3 is 12.1 Å². The highest BCUT2D eigenvalue weighted by Crippen LogP contribution is 2.32. The van der Waals surface area contributed by atoms with Crippen LogP contribution < -0.4 is 4.90 Å². The third kappa shape index (κ3) is 4.30. The Bertz CT molecular complexity index is 864. The highest BCUT2D eigenvalue weighted by molar-refractivity contribution is 5.97. The van der Waals surface area contributed by atoms with Crippen LogP contribution in [-0.4, -0.2) is 24.5 Å². The monoisotopic (exact) mass is 377 g/mol. The second kappa shape index (κ2) is 7.42. The second-order valence-corrected chi connectivity index (χ2v) is 6.48. The summed E-state index contributed by atoms with van der Waals surface area (Å²) in [6, 6.07) is 12.0. The van der Waals surface area contributed by atoms with Gasteiger partial charge in [-0.05, 0) is 36.6 Å². The number of carbonyl (C=O) groups excluding carboxylic acids is 2. The van der Waals surface area contributed by atoms with Crippen molar-refractivity contribution in [1.82, 2.24) is 0 Å². The number of benzene rings is 2. The predicted octanol–water partition coefficient (Wildman–Crippen LogP) is 3.77. The number of alkyl halides is 3. The van der Waals surface area contributed by atoms with Gasteiger partial charge in [0.05, 0.1) is 12.0 Å². The highest BCUT2D eigenvalue weighted by Gasteiger charge is 2.32. The fourth-order valence-corrected chi connectivity index (χ4v) is 3.23. The first-order valence-corrected chi connectivity index (χ1v) is 8.47.